The van der Waals surface area contributed by atoms with Crippen LogP contribution in [-0.2, 0) is 0 Å². The highest BCUT2D eigenvalue weighted by molar-refractivity contribution is 5.97. The Balaban J connectivity index is 1.62. The normalized spacial score (nSPS) is 27.6. The van der Waals surface area contributed by atoms with Gasteiger partial charge in [0.15, 0.2) is 0 Å². The second kappa shape index (κ2) is 4.13. The summed E-state index contributed by atoms with van der Waals surface area (Å²) in [6, 6.07) is 3.35. The molecule has 3 rings (SSSR count). The van der Waals surface area contributed by atoms with Crippen molar-refractivity contribution < 1.29 is 4.79 Å². The molecule has 2 aliphatic rings. The molecule has 86 valence electrons. The van der Waals surface area contributed by atoms with Gasteiger partial charge in [0.1, 0.15) is 0 Å². The van der Waals surface area contributed by atoms with Gasteiger partial charge >= 0.3 is 0 Å². The number of carbonyl (C=O) groups is 1. The third-order valence-corrected chi connectivity index (χ3v) is 3.41. The van der Waals surface area contributed by atoms with Crippen LogP contribution < -0.4 is 5.43 Å². The first kappa shape index (κ1) is 10.2. The molecule has 4 heteroatoms. The average Bonchev–Trinajstić information content (AvgIpc) is 2.72. The van der Waals surface area contributed by atoms with Gasteiger partial charge in [-0.3, -0.25) is 9.78 Å². The number of nitrogens with zero attached hydrogens (tertiary/aromatic N) is 2. The number of fused-ring (bicyclic) bond motifs is 1. The molecule has 0 bridgehead atoms. The summed E-state index contributed by atoms with van der Waals surface area (Å²) in [5.74, 6) is 1.02. The van der Waals surface area contributed by atoms with E-state index in [1.807, 2.05) is 0 Å². The molecule has 1 amide bonds. The van der Waals surface area contributed by atoms with Crippen LogP contribution in [0.3, 0.4) is 0 Å². The van der Waals surface area contributed by atoms with Crippen molar-refractivity contribution in [2.45, 2.75) is 12.8 Å². The molecule has 1 aromatic rings. The Labute approximate surface area is 99.4 Å². The molecule has 4 nitrogen and oxygen atoms in total. The molecular weight excluding hydrogens is 214 g/mol. The van der Waals surface area contributed by atoms with Crippen LogP contribution in [0.25, 0.3) is 0 Å². The van der Waals surface area contributed by atoms with Gasteiger partial charge in [-0.1, -0.05) is 12.2 Å². The maximum atomic E-state index is 11.7. The Bertz CT molecular complexity index is 493. The van der Waals surface area contributed by atoms with E-state index in [0.29, 0.717) is 17.4 Å². The number of hydrogen-bond donors (Lipinski definition) is 1. The SMILES string of the molecule is O=C(N/N=C1\C[C@@H]2C=CC[C@H]12)c1ccncc1. The minimum absolute atomic E-state index is 0.172. The quantitative estimate of drug-likeness (QED) is 0.618. The van der Waals surface area contributed by atoms with E-state index < -0.39 is 0 Å². The summed E-state index contributed by atoms with van der Waals surface area (Å²) in [5.41, 5.74) is 4.31. The summed E-state index contributed by atoms with van der Waals surface area (Å²) in [7, 11) is 0. The lowest BCUT2D eigenvalue weighted by Gasteiger charge is -2.31. The van der Waals surface area contributed by atoms with Gasteiger partial charge in [0.05, 0.1) is 0 Å². The molecular formula is C13H13N3O. The number of rotatable bonds is 2. The Kier molecular flexibility index (Phi) is 2.48. The minimum atomic E-state index is -0.172. The lowest BCUT2D eigenvalue weighted by atomic mass is 9.74. The van der Waals surface area contributed by atoms with Crippen LogP contribution in [0.4, 0.5) is 0 Å². The highest BCUT2D eigenvalue weighted by Crippen LogP contribution is 2.39. The van der Waals surface area contributed by atoms with Gasteiger partial charge in [-0.2, -0.15) is 5.10 Å². The van der Waals surface area contributed by atoms with E-state index in [1.54, 1.807) is 24.5 Å². The molecule has 1 heterocycles. The van der Waals surface area contributed by atoms with Gasteiger partial charge in [-0.15, -0.1) is 0 Å². The second-order valence-corrected chi connectivity index (χ2v) is 4.42. The van der Waals surface area contributed by atoms with E-state index in [9.17, 15) is 4.79 Å². The number of allylic oxidation sites excluding steroid dienone is 2. The summed E-state index contributed by atoms with van der Waals surface area (Å²) in [5, 5.41) is 4.21. The number of amides is 1. The third kappa shape index (κ3) is 1.86. The zero-order valence-corrected chi connectivity index (χ0v) is 9.34. The average molecular weight is 227 g/mol. The van der Waals surface area contributed by atoms with Crippen LogP contribution in [0.15, 0.2) is 41.8 Å². The largest absolute Gasteiger partial charge is 0.271 e. The predicted octanol–water partition coefficient (Wildman–Crippen LogP) is 1.76. The smallest absolute Gasteiger partial charge is 0.267 e. The molecule has 0 spiro atoms. The molecule has 0 aliphatic heterocycles. The first-order valence-electron chi connectivity index (χ1n) is 5.78. The third-order valence-electron chi connectivity index (χ3n) is 3.41. The molecule has 0 saturated heterocycles. The van der Waals surface area contributed by atoms with Crippen molar-refractivity contribution in [3.63, 3.8) is 0 Å². The number of aromatic nitrogens is 1. The maximum Gasteiger partial charge on any atom is 0.271 e. The first-order valence-corrected chi connectivity index (χ1v) is 5.78. The van der Waals surface area contributed by atoms with Crippen LogP contribution in [0, 0.1) is 11.8 Å². The Morgan fingerprint density at radius 1 is 1.41 bits per heavy atom. The second-order valence-electron chi connectivity index (χ2n) is 4.42. The van der Waals surface area contributed by atoms with E-state index in [1.165, 1.54) is 0 Å². The molecule has 0 radical (unpaired) electrons. The Morgan fingerprint density at radius 2 is 2.24 bits per heavy atom. The van der Waals surface area contributed by atoms with Crippen molar-refractivity contribution in [3.05, 3.63) is 42.2 Å². The van der Waals surface area contributed by atoms with E-state index in [2.05, 4.69) is 27.7 Å². The minimum Gasteiger partial charge on any atom is -0.267 e. The van der Waals surface area contributed by atoms with Crippen LogP contribution in [-0.4, -0.2) is 16.6 Å². The summed E-state index contributed by atoms with van der Waals surface area (Å²) in [6.07, 6.45) is 9.69. The molecule has 1 N–H and O–H groups in total. The first-order chi connectivity index (χ1) is 8.34. The van der Waals surface area contributed by atoms with Gasteiger partial charge in [0.2, 0.25) is 0 Å². The number of nitrogens with one attached hydrogen (secondary N) is 1. The van der Waals surface area contributed by atoms with E-state index in [4.69, 9.17) is 0 Å². The molecule has 17 heavy (non-hydrogen) atoms. The number of pyridine rings is 1. The lowest BCUT2D eigenvalue weighted by Crippen LogP contribution is -2.35. The zero-order chi connectivity index (χ0) is 11.7. The molecule has 0 unspecified atom stereocenters. The molecule has 1 aromatic heterocycles. The summed E-state index contributed by atoms with van der Waals surface area (Å²) in [6.45, 7) is 0. The van der Waals surface area contributed by atoms with Crippen molar-refractivity contribution in [2.75, 3.05) is 0 Å². The molecule has 0 aromatic carbocycles. The van der Waals surface area contributed by atoms with Crippen molar-refractivity contribution in [2.24, 2.45) is 16.9 Å². The molecule has 1 fully saturated rings. The van der Waals surface area contributed by atoms with Crippen LogP contribution in [0.5, 0.6) is 0 Å². The fraction of sp³-hybridized carbons (Fsp3) is 0.308. The van der Waals surface area contributed by atoms with Gasteiger partial charge in [0, 0.05) is 29.6 Å². The molecule has 2 aliphatic carbocycles. The van der Waals surface area contributed by atoms with Gasteiger partial charge in [0.25, 0.3) is 5.91 Å². The van der Waals surface area contributed by atoms with Crippen molar-refractivity contribution in [1.29, 1.82) is 0 Å². The fourth-order valence-corrected chi connectivity index (χ4v) is 2.35. The number of hydrogen-bond acceptors (Lipinski definition) is 3. The highest BCUT2D eigenvalue weighted by atomic mass is 16.2. The zero-order valence-electron chi connectivity index (χ0n) is 9.34. The Hall–Kier alpha value is -1.97. The summed E-state index contributed by atoms with van der Waals surface area (Å²) >= 11 is 0. The van der Waals surface area contributed by atoms with E-state index in [0.717, 1.165) is 18.6 Å². The topological polar surface area (TPSA) is 54.4 Å². The summed E-state index contributed by atoms with van der Waals surface area (Å²) in [4.78, 5) is 15.6. The predicted molar refractivity (Wildman–Crippen MR) is 64.5 cm³/mol. The van der Waals surface area contributed by atoms with Gasteiger partial charge < -0.3 is 0 Å². The number of carbonyl (C=O) groups excluding carboxylic acids is 1. The standard InChI is InChI=1S/C13H13N3O/c17-13(9-4-6-14-7-5-9)16-15-12-8-10-2-1-3-11(10)12/h1-2,4-7,10-11H,3,8H2,(H,16,17)/b15-12+/t10-,11-/m0/s1. The fourth-order valence-electron chi connectivity index (χ4n) is 2.35. The molecule has 2 atom stereocenters. The lowest BCUT2D eigenvalue weighted by molar-refractivity contribution is 0.0954. The number of hydrazone groups is 1. The van der Waals surface area contributed by atoms with Crippen molar-refractivity contribution in [1.82, 2.24) is 10.4 Å². The van der Waals surface area contributed by atoms with Crippen molar-refractivity contribution >= 4 is 11.6 Å². The van der Waals surface area contributed by atoms with Gasteiger partial charge in [-0.25, -0.2) is 5.43 Å². The van der Waals surface area contributed by atoms with E-state index in [-0.39, 0.29) is 5.91 Å². The van der Waals surface area contributed by atoms with Crippen LogP contribution in [0.2, 0.25) is 0 Å². The van der Waals surface area contributed by atoms with Gasteiger partial charge in [-0.05, 0) is 30.9 Å². The monoisotopic (exact) mass is 227 g/mol. The maximum absolute atomic E-state index is 11.7. The van der Waals surface area contributed by atoms with Crippen LogP contribution >= 0.6 is 0 Å². The Morgan fingerprint density at radius 3 is 3.00 bits per heavy atom. The van der Waals surface area contributed by atoms with Crippen LogP contribution in [0.1, 0.15) is 23.2 Å². The molecule has 1 saturated carbocycles. The van der Waals surface area contributed by atoms with E-state index >= 15 is 0 Å². The summed E-state index contributed by atoms with van der Waals surface area (Å²) < 4.78 is 0. The van der Waals surface area contributed by atoms with Crippen molar-refractivity contribution in [3.8, 4) is 0 Å². The highest BCUT2D eigenvalue weighted by Gasteiger charge is 2.37.